The molecule has 0 bridgehead atoms. The van der Waals surface area contributed by atoms with Gasteiger partial charge in [-0.15, -0.1) is 0 Å². The van der Waals surface area contributed by atoms with Crippen molar-refractivity contribution >= 4 is 11.1 Å². The van der Waals surface area contributed by atoms with Crippen molar-refractivity contribution in [1.82, 2.24) is 4.90 Å². The van der Waals surface area contributed by atoms with Crippen LogP contribution in [0.25, 0.3) is 11.1 Å². The van der Waals surface area contributed by atoms with Crippen molar-refractivity contribution in [2.75, 3.05) is 34.0 Å². The van der Waals surface area contributed by atoms with Crippen LogP contribution in [-0.4, -0.2) is 38.9 Å². The predicted molar refractivity (Wildman–Crippen MR) is 126 cm³/mol. The van der Waals surface area contributed by atoms with Crippen LogP contribution in [0.15, 0.2) is 72.8 Å². The van der Waals surface area contributed by atoms with Crippen LogP contribution in [0.1, 0.15) is 30.0 Å². The molecule has 0 saturated carbocycles. The van der Waals surface area contributed by atoms with Crippen molar-refractivity contribution in [3.05, 3.63) is 89.5 Å². The molecule has 3 aromatic carbocycles. The molecule has 0 radical (unpaired) electrons. The highest BCUT2D eigenvalue weighted by atomic mass is 16.7. The molecular formula is C27H29NO3. The van der Waals surface area contributed by atoms with Gasteiger partial charge >= 0.3 is 0 Å². The smallest absolute Gasteiger partial charge is 0.231 e. The minimum absolute atomic E-state index is 0.283. The van der Waals surface area contributed by atoms with Crippen LogP contribution in [0.2, 0.25) is 0 Å². The summed E-state index contributed by atoms with van der Waals surface area (Å²) in [5.74, 6) is 2.50. The number of benzene rings is 3. The Labute approximate surface area is 184 Å². The van der Waals surface area contributed by atoms with E-state index in [1.54, 1.807) is 0 Å². The van der Waals surface area contributed by atoms with Gasteiger partial charge in [-0.25, -0.2) is 0 Å². The Morgan fingerprint density at radius 3 is 2.23 bits per heavy atom. The molecule has 0 fully saturated rings. The number of fused-ring (bicyclic) bond motifs is 1. The number of ether oxygens (including phenoxy) is 3. The van der Waals surface area contributed by atoms with Gasteiger partial charge in [-0.05, 0) is 72.6 Å². The van der Waals surface area contributed by atoms with E-state index in [0.29, 0.717) is 6.61 Å². The molecule has 0 atom stereocenters. The summed E-state index contributed by atoms with van der Waals surface area (Å²) in [6, 6.07) is 25.2. The molecule has 1 aliphatic heterocycles. The van der Waals surface area contributed by atoms with Crippen molar-refractivity contribution < 1.29 is 14.2 Å². The van der Waals surface area contributed by atoms with Gasteiger partial charge in [0.1, 0.15) is 12.4 Å². The Balaban J connectivity index is 1.74. The molecule has 0 unspecified atom stereocenters. The quantitative estimate of drug-likeness (QED) is 0.440. The van der Waals surface area contributed by atoms with Crippen LogP contribution in [-0.2, 0) is 0 Å². The number of likely N-dealkylation sites (N-methyl/N-ethyl adjacent to an activating group) is 1. The summed E-state index contributed by atoms with van der Waals surface area (Å²) in [6.45, 7) is 4.04. The van der Waals surface area contributed by atoms with Gasteiger partial charge in [0, 0.05) is 6.54 Å². The SMILES string of the molecule is CC/C(=C(\c1ccccc1)c1ccc(OCCN(C)C)cc1)c1ccc2c(c1)OCO2. The Morgan fingerprint density at radius 2 is 1.52 bits per heavy atom. The standard InChI is InChI=1S/C27H29NO3/c1-4-24(22-12-15-25-26(18-22)31-19-30-25)27(20-8-6-5-7-9-20)21-10-13-23(14-11-21)29-17-16-28(2)3/h5-15,18H,4,16-17,19H2,1-3H3/b27-24-. The maximum atomic E-state index is 5.89. The molecule has 4 nitrogen and oxygen atoms in total. The molecule has 4 heteroatoms. The van der Waals surface area contributed by atoms with E-state index in [4.69, 9.17) is 14.2 Å². The van der Waals surface area contributed by atoms with Gasteiger partial charge in [0.15, 0.2) is 11.5 Å². The summed E-state index contributed by atoms with van der Waals surface area (Å²) in [5.41, 5.74) is 6.00. The number of hydrogen-bond donors (Lipinski definition) is 0. The summed E-state index contributed by atoms with van der Waals surface area (Å²) >= 11 is 0. The monoisotopic (exact) mass is 415 g/mol. The van der Waals surface area contributed by atoms with E-state index in [-0.39, 0.29) is 6.79 Å². The summed E-state index contributed by atoms with van der Waals surface area (Å²) < 4.78 is 17.0. The summed E-state index contributed by atoms with van der Waals surface area (Å²) in [6.07, 6.45) is 0.894. The molecule has 0 aliphatic carbocycles. The molecule has 1 heterocycles. The zero-order valence-corrected chi connectivity index (χ0v) is 18.4. The van der Waals surface area contributed by atoms with E-state index in [9.17, 15) is 0 Å². The fraction of sp³-hybridized carbons (Fsp3) is 0.259. The molecule has 31 heavy (non-hydrogen) atoms. The third-order valence-corrected chi connectivity index (χ3v) is 5.39. The molecule has 0 amide bonds. The zero-order chi connectivity index (χ0) is 21.6. The fourth-order valence-electron chi connectivity index (χ4n) is 3.79. The highest BCUT2D eigenvalue weighted by Crippen LogP contribution is 2.39. The first kappa shape index (κ1) is 21.0. The second-order valence-electron chi connectivity index (χ2n) is 7.82. The molecule has 4 rings (SSSR count). The highest BCUT2D eigenvalue weighted by molar-refractivity contribution is 5.98. The van der Waals surface area contributed by atoms with Crippen molar-refractivity contribution in [2.45, 2.75) is 13.3 Å². The third-order valence-electron chi connectivity index (χ3n) is 5.39. The fourth-order valence-corrected chi connectivity index (χ4v) is 3.79. The molecular weight excluding hydrogens is 386 g/mol. The van der Waals surface area contributed by atoms with Gasteiger partial charge in [-0.3, -0.25) is 0 Å². The zero-order valence-electron chi connectivity index (χ0n) is 18.4. The lowest BCUT2D eigenvalue weighted by molar-refractivity contribution is 0.174. The molecule has 0 aromatic heterocycles. The summed E-state index contributed by atoms with van der Waals surface area (Å²) in [5, 5.41) is 0. The molecule has 1 aliphatic rings. The van der Waals surface area contributed by atoms with Gasteiger partial charge in [-0.2, -0.15) is 0 Å². The lowest BCUT2D eigenvalue weighted by Gasteiger charge is -2.17. The van der Waals surface area contributed by atoms with Crippen LogP contribution < -0.4 is 14.2 Å². The summed E-state index contributed by atoms with van der Waals surface area (Å²) in [4.78, 5) is 2.11. The number of allylic oxidation sites excluding steroid dienone is 1. The van der Waals surface area contributed by atoms with E-state index in [0.717, 1.165) is 35.8 Å². The van der Waals surface area contributed by atoms with Crippen LogP contribution in [0.4, 0.5) is 0 Å². The highest BCUT2D eigenvalue weighted by Gasteiger charge is 2.18. The number of hydrogen-bond acceptors (Lipinski definition) is 4. The predicted octanol–water partition coefficient (Wildman–Crippen LogP) is 5.72. The maximum Gasteiger partial charge on any atom is 0.231 e. The topological polar surface area (TPSA) is 30.9 Å². The van der Waals surface area contributed by atoms with Crippen LogP contribution in [0.3, 0.4) is 0 Å². The minimum atomic E-state index is 0.283. The Kier molecular flexibility index (Phi) is 6.58. The Hall–Kier alpha value is -3.24. The van der Waals surface area contributed by atoms with Gasteiger partial charge in [0.25, 0.3) is 0 Å². The lowest BCUT2D eigenvalue weighted by atomic mass is 9.88. The second kappa shape index (κ2) is 9.71. The van der Waals surface area contributed by atoms with E-state index in [2.05, 4.69) is 78.6 Å². The van der Waals surface area contributed by atoms with E-state index >= 15 is 0 Å². The first-order chi connectivity index (χ1) is 15.2. The lowest BCUT2D eigenvalue weighted by Crippen LogP contribution is -2.19. The first-order valence-electron chi connectivity index (χ1n) is 10.7. The van der Waals surface area contributed by atoms with E-state index < -0.39 is 0 Å². The van der Waals surface area contributed by atoms with E-state index in [1.807, 2.05) is 20.2 Å². The van der Waals surface area contributed by atoms with Crippen molar-refractivity contribution in [2.24, 2.45) is 0 Å². The maximum absolute atomic E-state index is 5.89. The molecule has 3 aromatic rings. The van der Waals surface area contributed by atoms with Crippen LogP contribution in [0, 0.1) is 0 Å². The normalized spacial score (nSPS) is 13.3. The van der Waals surface area contributed by atoms with Gasteiger partial charge in [0.2, 0.25) is 6.79 Å². The van der Waals surface area contributed by atoms with Crippen LogP contribution in [0.5, 0.6) is 17.2 Å². The molecule has 0 N–H and O–H groups in total. The number of nitrogens with zero attached hydrogens (tertiary/aromatic N) is 1. The van der Waals surface area contributed by atoms with E-state index in [1.165, 1.54) is 22.3 Å². The van der Waals surface area contributed by atoms with Crippen LogP contribution >= 0.6 is 0 Å². The minimum Gasteiger partial charge on any atom is -0.492 e. The molecule has 160 valence electrons. The Morgan fingerprint density at radius 1 is 0.839 bits per heavy atom. The summed E-state index contributed by atoms with van der Waals surface area (Å²) in [7, 11) is 4.09. The first-order valence-corrected chi connectivity index (χ1v) is 10.7. The van der Waals surface area contributed by atoms with Crippen molar-refractivity contribution in [1.29, 1.82) is 0 Å². The molecule has 0 spiro atoms. The second-order valence-corrected chi connectivity index (χ2v) is 7.82. The van der Waals surface area contributed by atoms with Gasteiger partial charge in [0.05, 0.1) is 0 Å². The molecule has 0 saturated heterocycles. The van der Waals surface area contributed by atoms with Crippen molar-refractivity contribution in [3.8, 4) is 17.2 Å². The Bertz CT molecular complexity index is 1040. The van der Waals surface area contributed by atoms with Gasteiger partial charge < -0.3 is 19.1 Å². The number of rotatable bonds is 8. The van der Waals surface area contributed by atoms with Gasteiger partial charge in [-0.1, -0.05) is 55.5 Å². The average Bonchev–Trinajstić information content (AvgIpc) is 3.26. The third kappa shape index (κ3) is 4.92. The largest absolute Gasteiger partial charge is 0.492 e. The van der Waals surface area contributed by atoms with Crippen molar-refractivity contribution in [3.63, 3.8) is 0 Å². The average molecular weight is 416 g/mol.